The van der Waals surface area contributed by atoms with Crippen molar-refractivity contribution in [3.8, 4) is 0 Å². The van der Waals surface area contributed by atoms with Gasteiger partial charge in [-0.2, -0.15) is 0 Å². The summed E-state index contributed by atoms with van der Waals surface area (Å²) in [6.45, 7) is 3.47. The molecule has 0 saturated heterocycles. The van der Waals surface area contributed by atoms with Gasteiger partial charge in [0.15, 0.2) is 5.16 Å². The van der Waals surface area contributed by atoms with E-state index in [4.69, 9.17) is 5.11 Å². The van der Waals surface area contributed by atoms with Crippen molar-refractivity contribution in [2.75, 3.05) is 19.8 Å². The van der Waals surface area contributed by atoms with E-state index in [0.717, 1.165) is 11.8 Å². The Labute approximate surface area is 109 Å². The number of amides is 1. The number of carboxylic acid groups (broad SMARTS) is 1. The summed E-state index contributed by atoms with van der Waals surface area (Å²) < 4.78 is 1.65. The summed E-state index contributed by atoms with van der Waals surface area (Å²) in [4.78, 5) is 23.9. The molecule has 1 heterocycles. The molecule has 0 aliphatic heterocycles. The Morgan fingerprint density at radius 1 is 1.44 bits per heavy atom. The molecule has 1 aromatic heterocycles. The zero-order chi connectivity index (χ0) is 13.9. The molecular formula is C10H16N4O3S. The number of hydrogen-bond acceptors (Lipinski definition) is 5. The minimum absolute atomic E-state index is 0.0879. The Morgan fingerprint density at radius 2 is 2.06 bits per heavy atom. The fraction of sp³-hybridized carbons (Fsp3) is 0.600. The number of carbonyl (C=O) groups is 2. The van der Waals surface area contributed by atoms with Crippen LogP contribution in [0.3, 0.4) is 0 Å². The third-order valence-electron chi connectivity index (χ3n) is 2.35. The fourth-order valence-electron chi connectivity index (χ4n) is 1.50. The van der Waals surface area contributed by atoms with Crippen molar-refractivity contribution in [2.24, 2.45) is 0 Å². The van der Waals surface area contributed by atoms with Crippen molar-refractivity contribution in [1.82, 2.24) is 19.7 Å². The van der Waals surface area contributed by atoms with Gasteiger partial charge in [-0.25, -0.2) is 0 Å². The van der Waals surface area contributed by atoms with E-state index in [0.29, 0.717) is 11.0 Å². The third-order valence-corrected chi connectivity index (χ3v) is 3.27. The van der Waals surface area contributed by atoms with Gasteiger partial charge in [0.1, 0.15) is 11.9 Å². The number of hydrogen-bond donors (Lipinski definition) is 1. The van der Waals surface area contributed by atoms with Gasteiger partial charge in [-0.1, -0.05) is 11.8 Å². The van der Waals surface area contributed by atoms with E-state index in [1.54, 1.807) is 32.5 Å². The second-order valence-electron chi connectivity index (χ2n) is 3.99. The van der Waals surface area contributed by atoms with Crippen LogP contribution in [0.5, 0.6) is 0 Å². The fourth-order valence-corrected chi connectivity index (χ4v) is 2.29. The van der Waals surface area contributed by atoms with E-state index >= 15 is 0 Å². The Balaban J connectivity index is 2.96. The van der Waals surface area contributed by atoms with Crippen LogP contribution in [0.15, 0.2) is 5.16 Å². The van der Waals surface area contributed by atoms with Gasteiger partial charge in [0, 0.05) is 14.1 Å². The first-order valence-corrected chi connectivity index (χ1v) is 6.30. The Kier molecular flexibility index (Phi) is 4.71. The van der Waals surface area contributed by atoms with Gasteiger partial charge >= 0.3 is 5.97 Å². The summed E-state index contributed by atoms with van der Waals surface area (Å²) in [6, 6.07) is -0.453. The largest absolute Gasteiger partial charge is 0.481 e. The van der Waals surface area contributed by atoms with Crippen LogP contribution < -0.4 is 0 Å². The van der Waals surface area contributed by atoms with Crippen LogP contribution in [0.1, 0.15) is 18.8 Å². The predicted octanol–water partition coefficient (Wildman–Crippen LogP) is 0.412. The molecule has 0 fully saturated rings. The first kappa shape index (κ1) is 14.5. The van der Waals surface area contributed by atoms with Crippen molar-refractivity contribution in [3.05, 3.63) is 5.82 Å². The number of carbonyl (C=O) groups excluding carboxylic acids is 1. The van der Waals surface area contributed by atoms with Gasteiger partial charge in [-0.15, -0.1) is 10.2 Å². The van der Waals surface area contributed by atoms with Gasteiger partial charge in [-0.3, -0.25) is 14.2 Å². The topological polar surface area (TPSA) is 88.3 Å². The molecule has 1 atom stereocenters. The number of carboxylic acids is 1. The highest BCUT2D eigenvalue weighted by Gasteiger charge is 2.23. The molecule has 1 rings (SSSR count). The first-order chi connectivity index (χ1) is 8.34. The minimum atomic E-state index is -0.932. The highest BCUT2D eigenvalue weighted by atomic mass is 32.2. The second-order valence-corrected chi connectivity index (χ2v) is 4.93. The van der Waals surface area contributed by atoms with Gasteiger partial charge in [0.05, 0.1) is 5.75 Å². The van der Waals surface area contributed by atoms with Crippen LogP contribution in [0.25, 0.3) is 0 Å². The maximum atomic E-state index is 11.9. The van der Waals surface area contributed by atoms with Crippen LogP contribution in [0.4, 0.5) is 0 Å². The molecule has 18 heavy (non-hydrogen) atoms. The summed E-state index contributed by atoms with van der Waals surface area (Å²) in [5, 5.41) is 16.9. The highest BCUT2D eigenvalue weighted by molar-refractivity contribution is 7.99. The number of nitrogens with zero attached hydrogens (tertiary/aromatic N) is 4. The van der Waals surface area contributed by atoms with Crippen LogP contribution in [-0.2, 0) is 9.59 Å². The molecule has 1 unspecified atom stereocenters. The number of thioether (sulfide) groups is 1. The van der Waals surface area contributed by atoms with E-state index in [1.165, 1.54) is 4.90 Å². The lowest BCUT2D eigenvalue weighted by Crippen LogP contribution is -2.30. The zero-order valence-corrected chi connectivity index (χ0v) is 11.6. The number of aliphatic carboxylic acids is 1. The monoisotopic (exact) mass is 272 g/mol. The number of aryl methyl sites for hydroxylation is 1. The molecule has 0 radical (unpaired) electrons. The second kappa shape index (κ2) is 5.85. The SMILES string of the molecule is Cc1nnc(SCC(=O)O)n1C(C)C(=O)N(C)C. The molecule has 7 nitrogen and oxygen atoms in total. The molecule has 0 saturated carbocycles. The standard InChI is InChI=1S/C10H16N4O3S/c1-6(9(17)13(3)4)14-7(2)11-12-10(14)18-5-8(15)16/h6H,5H2,1-4H3,(H,15,16). The lowest BCUT2D eigenvalue weighted by Gasteiger charge is -2.19. The lowest BCUT2D eigenvalue weighted by molar-refractivity contribution is -0.134. The highest BCUT2D eigenvalue weighted by Crippen LogP contribution is 2.22. The predicted molar refractivity (Wildman–Crippen MR) is 66.5 cm³/mol. The molecule has 0 bridgehead atoms. The summed E-state index contributed by atoms with van der Waals surface area (Å²) in [7, 11) is 3.34. The van der Waals surface area contributed by atoms with Gasteiger partial charge < -0.3 is 10.0 Å². The van der Waals surface area contributed by atoms with Crippen LogP contribution in [0, 0.1) is 6.92 Å². The number of likely N-dealkylation sites (N-methyl/N-ethyl adjacent to an activating group) is 1. The molecule has 1 aromatic rings. The summed E-state index contributed by atoms with van der Waals surface area (Å²) in [5.41, 5.74) is 0. The van der Waals surface area contributed by atoms with Crippen LogP contribution in [0.2, 0.25) is 0 Å². The maximum Gasteiger partial charge on any atom is 0.313 e. The van der Waals surface area contributed by atoms with Crippen LogP contribution >= 0.6 is 11.8 Å². The Hall–Kier alpha value is -1.57. The first-order valence-electron chi connectivity index (χ1n) is 5.31. The average Bonchev–Trinajstić information content (AvgIpc) is 2.65. The zero-order valence-electron chi connectivity index (χ0n) is 10.7. The van der Waals surface area contributed by atoms with Gasteiger partial charge in [-0.05, 0) is 13.8 Å². The normalized spacial score (nSPS) is 12.2. The van der Waals surface area contributed by atoms with Crippen molar-refractivity contribution in [1.29, 1.82) is 0 Å². The maximum absolute atomic E-state index is 11.9. The quantitative estimate of drug-likeness (QED) is 0.781. The summed E-state index contributed by atoms with van der Waals surface area (Å²) in [5.74, 6) is -0.541. The van der Waals surface area contributed by atoms with E-state index in [2.05, 4.69) is 10.2 Å². The molecule has 8 heteroatoms. The van der Waals surface area contributed by atoms with E-state index in [9.17, 15) is 9.59 Å². The summed E-state index contributed by atoms with van der Waals surface area (Å²) in [6.07, 6.45) is 0. The van der Waals surface area contributed by atoms with Gasteiger partial charge in [0.2, 0.25) is 5.91 Å². The van der Waals surface area contributed by atoms with Gasteiger partial charge in [0.25, 0.3) is 0 Å². The minimum Gasteiger partial charge on any atom is -0.481 e. The van der Waals surface area contributed by atoms with Crippen LogP contribution in [-0.4, -0.2) is 56.5 Å². The third kappa shape index (κ3) is 3.22. The van der Waals surface area contributed by atoms with Crippen molar-refractivity contribution < 1.29 is 14.7 Å². The smallest absolute Gasteiger partial charge is 0.313 e. The van der Waals surface area contributed by atoms with Crippen molar-refractivity contribution in [3.63, 3.8) is 0 Å². The molecule has 0 aliphatic rings. The Morgan fingerprint density at radius 3 is 2.56 bits per heavy atom. The average molecular weight is 272 g/mol. The van der Waals surface area contributed by atoms with Crippen molar-refractivity contribution >= 4 is 23.6 Å². The molecule has 100 valence electrons. The van der Waals surface area contributed by atoms with E-state index in [-0.39, 0.29) is 11.7 Å². The van der Waals surface area contributed by atoms with E-state index in [1.807, 2.05) is 0 Å². The Bertz CT molecular complexity index is 458. The van der Waals surface area contributed by atoms with Crippen molar-refractivity contribution in [2.45, 2.75) is 25.0 Å². The molecule has 1 amide bonds. The number of rotatable bonds is 5. The molecule has 0 spiro atoms. The molecule has 1 N–H and O–H groups in total. The van der Waals surface area contributed by atoms with E-state index < -0.39 is 12.0 Å². The lowest BCUT2D eigenvalue weighted by atomic mass is 10.3. The number of aromatic nitrogens is 3. The molecular weight excluding hydrogens is 256 g/mol. The molecule has 0 aromatic carbocycles. The molecule has 0 aliphatic carbocycles. The summed E-state index contributed by atoms with van der Waals surface area (Å²) >= 11 is 1.05.